The normalized spacial score (nSPS) is 36.7. The van der Waals surface area contributed by atoms with E-state index >= 15 is 0 Å². The van der Waals surface area contributed by atoms with Crippen molar-refractivity contribution >= 4 is 0 Å². The van der Waals surface area contributed by atoms with Gasteiger partial charge in [-0.15, -0.1) is 0 Å². The summed E-state index contributed by atoms with van der Waals surface area (Å²) in [4.78, 5) is 2.55. The summed E-state index contributed by atoms with van der Waals surface area (Å²) < 4.78 is 5.04. The Morgan fingerprint density at radius 3 is 3.00 bits per heavy atom. The van der Waals surface area contributed by atoms with E-state index in [-0.39, 0.29) is 6.54 Å². The van der Waals surface area contributed by atoms with E-state index in [1.165, 1.54) is 0 Å². The molecule has 1 heterocycles. The fourth-order valence-electron chi connectivity index (χ4n) is 1.04. The molecule has 5 heteroatoms. The lowest BCUT2D eigenvalue weighted by atomic mass is 10.1. The molecule has 0 saturated carbocycles. The molecule has 1 saturated heterocycles. The van der Waals surface area contributed by atoms with Gasteiger partial charge in [-0.2, -0.15) is 0 Å². The highest BCUT2D eigenvalue weighted by atomic mass is 16.5. The van der Waals surface area contributed by atoms with Crippen LogP contribution < -0.4 is 0 Å². The molecule has 0 aromatic carbocycles. The lowest BCUT2D eigenvalue weighted by Crippen LogP contribution is -2.23. The monoisotopic (exact) mass is 155 g/mol. The van der Waals surface area contributed by atoms with Gasteiger partial charge in [-0.25, -0.2) is 0 Å². The standard InChI is InChI=1S/C6H9N3O2/c1-4-2-5(10)6(11-4)3-8-9-7/h1,4-6,10H,2-3H2/t4?,5-,6-/m1/s1. The van der Waals surface area contributed by atoms with Gasteiger partial charge in [0.25, 0.3) is 0 Å². The van der Waals surface area contributed by atoms with Crippen molar-refractivity contribution in [1.29, 1.82) is 0 Å². The third-order valence-corrected chi connectivity index (χ3v) is 1.58. The van der Waals surface area contributed by atoms with Gasteiger partial charge in [-0.1, -0.05) is 5.11 Å². The van der Waals surface area contributed by atoms with Crippen LogP contribution in [0.2, 0.25) is 0 Å². The first-order valence-electron chi connectivity index (χ1n) is 3.34. The fourth-order valence-corrected chi connectivity index (χ4v) is 1.04. The van der Waals surface area contributed by atoms with E-state index in [0.29, 0.717) is 6.42 Å². The highest BCUT2D eigenvalue weighted by Gasteiger charge is 2.30. The zero-order valence-electron chi connectivity index (χ0n) is 5.92. The molecule has 11 heavy (non-hydrogen) atoms. The first kappa shape index (κ1) is 8.33. The summed E-state index contributed by atoms with van der Waals surface area (Å²) >= 11 is 0. The van der Waals surface area contributed by atoms with E-state index in [9.17, 15) is 5.11 Å². The van der Waals surface area contributed by atoms with Crippen LogP contribution in [0.4, 0.5) is 0 Å². The maximum atomic E-state index is 9.20. The summed E-state index contributed by atoms with van der Waals surface area (Å²) in [5.41, 5.74) is 7.97. The van der Waals surface area contributed by atoms with E-state index in [2.05, 4.69) is 10.0 Å². The van der Waals surface area contributed by atoms with E-state index < -0.39 is 18.3 Å². The van der Waals surface area contributed by atoms with Crippen LogP contribution in [0.1, 0.15) is 6.42 Å². The topological polar surface area (TPSA) is 78.2 Å². The number of ether oxygens (including phenoxy) is 1. The number of azide groups is 1. The molecule has 0 amide bonds. The van der Waals surface area contributed by atoms with Crippen molar-refractivity contribution < 1.29 is 9.84 Å². The number of aliphatic hydroxyl groups is 1. The summed E-state index contributed by atoms with van der Waals surface area (Å²) in [7, 11) is 0. The molecule has 0 spiro atoms. The van der Waals surface area contributed by atoms with Crippen LogP contribution in [-0.2, 0) is 4.74 Å². The zero-order chi connectivity index (χ0) is 8.27. The maximum absolute atomic E-state index is 9.20. The van der Waals surface area contributed by atoms with Crippen molar-refractivity contribution in [2.24, 2.45) is 5.11 Å². The van der Waals surface area contributed by atoms with E-state index in [1.807, 2.05) is 0 Å². The van der Waals surface area contributed by atoms with Crippen molar-refractivity contribution in [2.45, 2.75) is 24.7 Å². The van der Waals surface area contributed by atoms with Crippen LogP contribution >= 0.6 is 0 Å². The quantitative estimate of drug-likeness (QED) is 0.358. The average molecular weight is 155 g/mol. The Hall–Kier alpha value is -0.770. The molecule has 2 radical (unpaired) electrons. The van der Waals surface area contributed by atoms with E-state index in [1.54, 1.807) is 0 Å². The molecule has 1 aliphatic rings. The third-order valence-electron chi connectivity index (χ3n) is 1.58. The van der Waals surface area contributed by atoms with Crippen molar-refractivity contribution in [2.75, 3.05) is 6.54 Å². The number of hydrogen-bond acceptors (Lipinski definition) is 3. The first-order chi connectivity index (χ1) is 5.24. The predicted molar refractivity (Wildman–Crippen MR) is 37.6 cm³/mol. The average Bonchev–Trinajstić information content (AvgIpc) is 2.26. The molecular formula is C6H9N3O2. The van der Waals surface area contributed by atoms with E-state index in [4.69, 9.17) is 17.2 Å². The molecule has 5 nitrogen and oxygen atoms in total. The summed E-state index contributed by atoms with van der Waals surface area (Å²) in [5, 5.41) is 12.5. The summed E-state index contributed by atoms with van der Waals surface area (Å²) in [6.07, 6.45) is -1.05. The second-order valence-corrected chi connectivity index (χ2v) is 2.43. The predicted octanol–water partition coefficient (Wildman–Crippen LogP) is 0.526. The van der Waals surface area contributed by atoms with Crippen LogP contribution in [0.3, 0.4) is 0 Å². The molecule has 1 rings (SSSR count). The third kappa shape index (κ3) is 2.08. The van der Waals surface area contributed by atoms with Crippen molar-refractivity contribution in [3.05, 3.63) is 17.4 Å². The molecule has 1 N–H and O–H groups in total. The second kappa shape index (κ2) is 3.57. The van der Waals surface area contributed by atoms with Crippen molar-refractivity contribution in [3.63, 3.8) is 0 Å². The van der Waals surface area contributed by atoms with Crippen LogP contribution in [0, 0.1) is 6.92 Å². The number of rotatable bonds is 2. The maximum Gasteiger partial charge on any atom is 0.0895 e. The first-order valence-corrected chi connectivity index (χ1v) is 3.34. The molecule has 3 atom stereocenters. The largest absolute Gasteiger partial charge is 0.390 e. The Bertz CT molecular complexity index is 179. The molecule has 60 valence electrons. The Balaban J connectivity index is 2.40. The van der Waals surface area contributed by atoms with Gasteiger partial charge in [0.15, 0.2) is 0 Å². The van der Waals surface area contributed by atoms with Gasteiger partial charge >= 0.3 is 0 Å². The van der Waals surface area contributed by atoms with E-state index in [0.717, 1.165) is 0 Å². The second-order valence-electron chi connectivity index (χ2n) is 2.43. The Morgan fingerprint density at radius 2 is 2.55 bits per heavy atom. The Morgan fingerprint density at radius 1 is 1.82 bits per heavy atom. The molecule has 1 aliphatic heterocycles. The highest BCUT2D eigenvalue weighted by Crippen LogP contribution is 2.19. The minimum Gasteiger partial charge on any atom is -0.390 e. The minimum atomic E-state index is -0.601. The molecular weight excluding hydrogens is 146 g/mol. The molecule has 0 bridgehead atoms. The van der Waals surface area contributed by atoms with Gasteiger partial charge in [0.1, 0.15) is 0 Å². The number of nitrogens with zero attached hydrogens (tertiary/aromatic N) is 3. The molecule has 0 aliphatic carbocycles. The van der Waals surface area contributed by atoms with Gasteiger partial charge in [0.05, 0.1) is 24.9 Å². The molecule has 0 aromatic heterocycles. The fraction of sp³-hybridized carbons (Fsp3) is 0.833. The summed E-state index contributed by atoms with van der Waals surface area (Å²) in [6, 6.07) is 0. The summed E-state index contributed by atoms with van der Waals surface area (Å²) in [5.74, 6) is 0. The van der Waals surface area contributed by atoms with Crippen LogP contribution in [0.15, 0.2) is 5.11 Å². The molecule has 0 aromatic rings. The summed E-state index contributed by atoms with van der Waals surface area (Å²) in [6.45, 7) is 5.51. The van der Waals surface area contributed by atoms with Gasteiger partial charge in [0, 0.05) is 11.3 Å². The Labute approximate surface area is 64.6 Å². The Kier molecular flexibility index (Phi) is 2.70. The molecule has 1 unspecified atom stereocenters. The number of aliphatic hydroxyl groups excluding tert-OH is 1. The SMILES string of the molecule is [CH]C1C[C@@H](O)[C@@H](CN=[N+]=[N-])O1. The van der Waals surface area contributed by atoms with Gasteiger partial charge in [-0.05, 0) is 12.5 Å². The van der Waals surface area contributed by atoms with Crippen LogP contribution in [0.25, 0.3) is 10.4 Å². The minimum absolute atomic E-state index is 0.144. The number of hydrogen-bond donors (Lipinski definition) is 1. The van der Waals surface area contributed by atoms with Gasteiger partial charge in [-0.3, -0.25) is 0 Å². The lowest BCUT2D eigenvalue weighted by Gasteiger charge is -2.09. The van der Waals surface area contributed by atoms with Crippen molar-refractivity contribution in [1.82, 2.24) is 0 Å². The highest BCUT2D eigenvalue weighted by molar-refractivity contribution is 4.84. The van der Waals surface area contributed by atoms with Crippen LogP contribution in [0.5, 0.6) is 0 Å². The van der Waals surface area contributed by atoms with Gasteiger partial charge < -0.3 is 9.84 Å². The van der Waals surface area contributed by atoms with Crippen LogP contribution in [-0.4, -0.2) is 30.0 Å². The lowest BCUT2D eigenvalue weighted by molar-refractivity contribution is 0.0299. The van der Waals surface area contributed by atoms with Gasteiger partial charge in [0.2, 0.25) is 0 Å². The zero-order valence-corrected chi connectivity index (χ0v) is 5.92. The molecule has 1 fully saturated rings. The van der Waals surface area contributed by atoms with Crippen molar-refractivity contribution in [3.8, 4) is 0 Å². The smallest absolute Gasteiger partial charge is 0.0895 e.